The Labute approximate surface area is 168 Å². The van der Waals surface area contributed by atoms with Gasteiger partial charge in [-0.25, -0.2) is 0 Å². The van der Waals surface area contributed by atoms with Crippen molar-refractivity contribution < 1.29 is 23.8 Å². The molecule has 0 atom stereocenters. The lowest BCUT2D eigenvalue weighted by atomic mass is 10.2. The molecule has 27 heavy (non-hydrogen) atoms. The van der Waals surface area contributed by atoms with Crippen molar-refractivity contribution in [3.8, 4) is 0 Å². The number of ether oxygens (including phenoxy) is 3. The molecule has 0 aromatic heterocycles. The summed E-state index contributed by atoms with van der Waals surface area (Å²) in [5.41, 5.74) is 0. The van der Waals surface area contributed by atoms with E-state index in [1.54, 1.807) is 0 Å². The van der Waals surface area contributed by atoms with Crippen LogP contribution in [0.1, 0.15) is 51.9 Å². The topological polar surface area (TPSA) is 85.9 Å². The van der Waals surface area contributed by atoms with Gasteiger partial charge in [-0.3, -0.25) is 9.59 Å². The summed E-state index contributed by atoms with van der Waals surface area (Å²) >= 11 is 5.61. The second kappa shape index (κ2) is 21.4. The Balaban J connectivity index is 3.28. The summed E-state index contributed by atoms with van der Waals surface area (Å²) in [6.45, 7) is 6.52. The first kappa shape index (κ1) is 26.1. The molecule has 0 aromatic rings. The highest BCUT2D eigenvalue weighted by molar-refractivity contribution is 6.17. The monoisotopic (exact) mass is 408 g/mol. The number of halogens is 1. The fourth-order valence-electron chi connectivity index (χ4n) is 2.19. The number of carbonyl (C=O) groups is 2. The van der Waals surface area contributed by atoms with Crippen molar-refractivity contribution in [1.29, 1.82) is 0 Å². The highest BCUT2D eigenvalue weighted by Crippen LogP contribution is 2.01. The smallest absolute Gasteiger partial charge is 0.220 e. The van der Waals surface area contributed by atoms with E-state index in [2.05, 4.69) is 10.6 Å². The van der Waals surface area contributed by atoms with Crippen LogP contribution in [-0.2, 0) is 23.8 Å². The maximum absolute atomic E-state index is 11.6. The Morgan fingerprint density at radius 3 is 1.96 bits per heavy atom. The third-order valence-corrected chi connectivity index (χ3v) is 3.95. The molecular weight excluding hydrogens is 372 g/mol. The highest BCUT2D eigenvalue weighted by atomic mass is 35.5. The molecule has 0 aromatic carbocycles. The first-order valence-electron chi connectivity index (χ1n) is 10.0. The molecule has 0 heterocycles. The summed E-state index contributed by atoms with van der Waals surface area (Å²) in [5.74, 6) is 0.474. The molecular formula is C19H37ClN2O5. The summed E-state index contributed by atoms with van der Waals surface area (Å²) in [5, 5.41) is 5.51. The predicted octanol–water partition coefficient (Wildman–Crippen LogP) is 2.26. The zero-order valence-electron chi connectivity index (χ0n) is 16.7. The predicted molar refractivity (Wildman–Crippen MR) is 107 cm³/mol. The summed E-state index contributed by atoms with van der Waals surface area (Å²) in [7, 11) is 0. The zero-order valence-corrected chi connectivity index (χ0v) is 17.5. The summed E-state index contributed by atoms with van der Waals surface area (Å²) in [6, 6.07) is 0. The zero-order chi connectivity index (χ0) is 20.0. The second-order valence-electron chi connectivity index (χ2n) is 6.08. The summed E-state index contributed by atoms with van der Waals surface area (Å²) in [4.78, 5) is 23.2. The van der Waals surface area contributed by atoms with Gasteiger partial charge in [0.1, 0.15) is 0 Å². The van der Waals surface area contributed by atoms with Crippen LogP contribution in [0.5, 0.6) is 0 Å². The van der Waals surface area contributed by atoms with E-state index in [9.17, 15) is 9.59 Å². The lowest BCUT2D eigenvalue weighted by molar-refractivity contribution is -0.126. The van der Waals surface area contributed by atoms with Crippen LogP contribution in [0.2, 0.25) is 0 Å². The molecule has 0 aliphatic heterocycles. The van der Waals surface area contributed by atoms with Crippen LogP contribution in [0.25, 0.3) is 0 Å². The number of unbranched alkanes of at least 4 members (excludes halogenated alkanes) is 3. The fraction of sp³-hybridized carbons (Fsp3) is 0.895. The van der Waals surface area contributed by atoms with E-state index in [0.29, 0.717) is 46.1 Å². The Kier molecular flexibility index (Phi) is 20.7. The molecule has 0 bridgehead atoms. The van der Waals surface area contributed by atoms with Gasteiger partial charge < -0.3 is 24.8 Å². The molecule has 8 heteroatoms. The Morgan fingerprint density at radius 2 is 1.30 bits per heavy atom. The summed E-state index contributed by atoms with van der Waals surface area (Å²) < 4.78 is 16.0. The van der Waals surface area contributed by atoms with Crippen molar-refractivity contribution in [2.24, 2.45) is 0 Å². The summed E-state index contributed by atoms with van der Waals surface area (Å²) in [6.07, 6.45) is 5.57. The maximum atomic E-state index is 11.6. The molecule has 0 aliphatic rings. The SMILES string of the molecule is CCOCCCNC(=O)CCC(=O)NCCOCCOCCCCCCCl. The van der Waals surface area contributed by atoms with Gasteiger partial charge in [0.15, 0.2) is 0 Å². The van der Waals surface area contributed by atoms with Crippen LogP contribution in [-0.4, -0.2) is 70.4 Å². The van der Waals surface area contributed by atoms with E-state index in [4.69, 9.17) is 25.8 Å². The molecule has 0 fully saturated rings. The second-order valence-corrected chi connectivity index (χ2v) is 6.46. The molecule has 0 aliphatic carbocycles. The molecule has 0 unspecified atom stereocenters. The maximum Gasteiger partial charge on any atom is 0.220 e. The number of carbonyl (C=O) groups excluding carboxylic acids is 2. The van der Waals surface area contributed by atoms with E-state index >= 15 is 0 Å². The van der Waals surface area contributed by atoms with Crippen LogP contribution in [0.15, 0.2) is 0 Å². The van der Waals surface area contributed by atoms with Gasteiger partial charge in [-0.1, -0.05) is 12.8 Å². The minimum Gasteiger partial charge on any atom is -0.382 e. The molecule has 2 N–H and O–H groups in total. The Hall–Kier alpha value is -0.890. The molecule has 2 amide bonds. The number of nitrogens with one attached hydrogen (secondary N) is 2. The lowest BCUT2D eigenvalue weighted by Crippen LogP contribution is -2.30. The van der Waals surface area contributed by atoms with Crippen LogP contribution < -0.4 is 10.6 Å². The quantitative estimate of drug-likeness (QED) is 0.238. The first-order chi connectivity index (χ1) is 13.2. The van der Waals surface area contributed by atoms with E-state index in [-0.39, 0.29) is 24.7 Å². The molecule has 0 saturated carbocycles. The van der Waals surface area contributed by atoms with Crippen molar-refractivity contribution in [2.75, 3.05) is 58.6 Å². The van der Waals surface area contributed by atoms with Crippen LogP contribution in [0.3, 0.4) is 0 Å². The van der Waals surface area contributed by atoms with Crippen molar-refractivity contribution in [3.63, 3.8) is 0 Å². The fourth-order valence-corrected chi connectivity index (χ4v) is 2.38. The number of rotatable bonds is 20. The molecule has 0 rings (SSSR count). The van der Waals surface area contributed by atoms with E-state index in [0.717, 1.165) is 44.6 Å². The third-order valence-electron chi connectivity index (χ3n) is 3.68. The van der Waals surface area contributed by atoms with Gasteiger partial charge in [0.2, 0.25) is 11.8 Å². The number of alkyl halides is 1. The van der Waals surface area contributed by atoms with Gasteiger partial charge in [0, 0.05) is 51.6 Å². The van der Waals surface area contributed by atoms with Gasteiger partial charge in [-0.15, -0.1) is 11.6 Å². The number of amides is 2. The Morgan fingerprint density at radius 1 is 0.704 bits per heavy atom. The molecule has 0 saturated heterocycles. The van der Waals surface area contributed by atoms with E-state index < -0.39 is 0 Å². The van der Waals surface area contributed by atoms with Crippen LogP contribution in [0, 0.1) is 0 Å². The number of hydrogen-bond acceptors (Lipinski definition) is 5. The van der Waals surface area contributed by atoms with Gasteiger partial charge in [0.05, 0.1) is 19.8 Å². The normalized spacial score (nSPS) is 10.7. The van der Waals surface area contributed by atoms with Crippen molar-refractivity contribution >= 4 is 23.4 Å². The highest BCUT2D eigenvalue weighted by Gasteiger charge is 2.06. The number of hydrogen-bond donors (Lipinski definition) is 2. The average molecular weight is 409 g/mol. The van der Waals surface area contributed by atoms with Gasteiger partial charge in [0.25, 0.3) is 0 Å². The van der Waals surface area contributed by atoms with Crippen LogP contribution >= 0.6 is 11.6 Å². The van der Waals surface area contributed by atoms with Crippen molar-refractivity contribution in [1.82, 2.24) is 10.6 Å². The molecule has 7 nitrogen and oxygen atoms in total. The minimum atomic E-state index is -0.142. The largest absolute Gasteiger partial charge is 0.382 e. The minimum absolute atomic E-state index is 0.113. The van der Waals surface area contributed by atoms with E-state index in [1.165, 1.54) is 0 Å². The molecule has 160 valence electrons. The van der Waals surface area contributed by atoms with Gasteiger partial charge in [-0.05, 0) is 26.2 Å². The van der Waals surface area contributed by atoms with E-state index in [1.807, 2.05) is 6.92 Å². The van der Waals surface area contributed by atoms with Crippen LogP contribution in [0.4, 0.5) is 0 Å². The molecule has 0 radical (unpaired) electrons. The first-order valence-corrected chi connectivity index (χ1v) is 10.6. The van der Waals surface area contributed by atoms with Crippen molar-refractivity contribution in [3.05, 3.63) is 0 Å². The van der Waals surface area contributed by atoms with Gasteiger partial charge in [-0.2, -0.15) is 0 Å². The standard InChI is InChI=1S/C19H37ClN2O5/c1-2-25-14-7-11-21-18(23)8-9-19(24)22-12-15-27-17-16-26-13-6-4-3-5-10-20/h2-17H2,1H3,(H,21,23)(H,22,24). The van der Waals surface area contributed by atoms with Crippen molar-refractivity contribution in [2.45, 2.75) is 51.9 Å². The Bertz CT molecular complexity index is 359. The molecule has 0 spiro atoms. The average Bonchev–Trinajstić information content (AvgIpc) is 2.67. The lowest BCUT2D eigenvalue weighted by Gasteiger charge is -2.08. The van der Waals surface area contributed by atoms with Gasteiger partial charge >= 0.3 is 0 Å². The third kappa shape index (κ3) is 21.3.